The van der Waals surface area contributed by atoms with Crippen LogP contribution >= 0.6 is 0 Å². The van der Waals surface area contributed by atoms with Crippen LogP contribution in [-0.4, -0.2) is 97.3 Å². The van der Waals surface area contributed by atoms with E-state index in [1.807, 2.05) is 4.90 Å². The molecule has 1 aromatic rings. The molecule has 0 bridgehead atoms. The summed E-state index contributed by atoms with van der Waals surface area (Å²) in [5.41, 5.74) is 0.466. The first-order valence-electron chi connectivity index (χ1n) is 8.94. The lowest BCUT2D eigenvalue weighted by molar-refractivity contribution is -0.0951. The normalized spacial score (nSPS) is 26.6. The topological polar surface area (TPSA) is 58.1 Å². The zero-order valence-corrected chi connectivity index (χ0v) is 15.0. The van der Waals surface area contributed by atoms with Gasteiger partial charge in [-0.1, -0.05) is 0 Å². The molecule has 4 heterocycles. The van der Waals surface area contributed by atoms with Gasteiger partial charge in [0.15, 0.2) is 0 Å². The average Bonchev–Trinajstić information content (AvgIpc) is 3.06. The third-order valence-corrected chi connectivity index (χ3v) is 5.68. The van der Waals surface area contributed by atoms with E-state index in [1.165, 1.54) is 0 Å². The van der Waals surface area contributed by atoms with Gasteiger partial charge >= 0.3 is 0 Å². The summed E-state index contributed by atoms with van der Waals surface area (Å²) in [6, 6.07) is 3.98. The molecule has 3 saturated heterocycles. The number of likely N-dealkylation sites (N-methyl/N-ethyl adjacent to an activating group) is 1. The molecular weight excluding hydrogens is 320 g/mol. The fourth-order valence-corrected chi connectivity index (χ4v) is 4.07. The highest BCUT2D eigenvalue weighted by Crippen LogP contribution is 2.37. The number of hydrogen-bond donors (Lipinski definition) is 0. The van der Waals surface area contributed by atoms with Gasteiger partial charge in [0.05, 0.1) is 32.4 Å². The smallest absolute Gasteiger partial charge is 0.255 e. The molecule has 1 spiro atoms. The van der Waals surface area contributed by atoms with Crippen LogP contribution in [0.3, 0.4) is 0 Å². The number of likely N-dealkylation sites (tertiary alicyclic amines) is 1. The Labute approximate surface area is 148 Å². The number of methoxy groups -OCH3 is 1. The van der Waals surface area contributed by atoms with Crippen molar-refractivity contribution in [2.24, 2.45) is 0 Å². The Morgan fingerprint density at radius 2 is 2.04 bits per heavy atom. The zero-order chi connectivity index (χ0) is 17.4. The Morgan fingerprint density at radius 1 is 1.28 bits per heavy atom. The molecule has 1 unspecified atom stereocenters. The van der Waals surface area contributed by atoms with Crippen LogP contribution in [0, 0.1) is 0 Å². The molecule has 136 valence electrons. The second-order valence-corrected chi connectivity index (χ2v) is 7.44. The number of rotatable bonds is 3. The van der Waals surface area contributed by atoms with Gasteiger partial charge in [-0.15, -0.1) is 0 Å². The Balaban J connectivity index is 1.31. The Kier molecular flexibility index (Phi) is 4.39. The second-order valence-electron chi connectivity index (χ2n) is 7.44. The molecule has 25 heavy (non-hydrogen) atoms. The van der Waals surface area contributed by atoms with E-state index in [4.69, 9.17) is 9.47 Å². The molecule has 4 rings (SSSR count). The van der Waals surface area contributed by atoms with Crippen molar-refractivity contribution in [2.75, 3.05) is 60.0 Å². The van der Waals surface area contributed by atoms with E-state index < -0.39 is 0 Å². The summed E-state index contributed by atoms with van der Waals surface area (Å²) in [5, 5.41) is 0. The van der Waals surface area contributed by atoms with Gasteiger partial charge in [-0.3, -0.25) is 9.69 Å². The van der Waals surface area contributed by atoms with Crippen molar-refractivity contribution in [1.29, 1.82) is 0 Å². The molecule has 0 radical (unpaired) electrons. The van der Waals surface area contributed by atoms with E-state index in [-0.39, 0.29) is 11.5 Å². The molecular formula is C18H26N4O3. The van der Waals surface area contributed by atoms with E-state index in [0.717, 1.165) is 39.2 Å². The van der Waals surface area contributed by atoms with Crippen molar-refractivity contribution in [3.8, 4) is 5.88 Å². The molecule has 3 fully saturated rings. The van der Waals surface area contributed by atoms with E-state index in [2.05, 4.69) is 21.8 Å². The highest BCUT2D eigenvalue weighted by molar-refractivity contribution is 5.94. The van der Waals surface area contributed by atoms with Gasteiger partial charge in [0.25, 0.3) is 5.91 Å². The molecule has 1 atom stereocenters. The highest BCUT2D eigenvalue weighted by Gasteiger charge is 2.52. The lowest BCUT2D eigenvalue weighted by Crippen LogP contribution is -2.63. The molecule has 0 saturated carbocycles. The highest BCUT2D eigenvalue weighted by atomic mass is 16.5. The molecule has 1 aromatic heterocycles. The first kappa shape index (κ1) is 16.8. The summed E-state index contributed by atoms with van der Waals surface area (Å²) >= 11 is 0. The van der Waals surface area contributed by atoms with Crippen LogP contribution < -0.4 is 4.74 Å². The van der Waals surface area contributed by atoms with Gasteiger partial charge < -0.3 is 19.3 Å². The fraction of sp³-hybridized carbons (Fsp3) is 0.667. The number of pyridine rings is 1. The van der Waals surface area contributed by atoms with E-state index in [0.29, 0.717) is 30.6 Å². The van der Waals surface area contributed by atoms with Crippen molar-refractivity contribution >= 4 is 5.91 Å². The maximum absolute atomic E-state index is 12.6. The van der Waals surface area contributed by atoms with E-state index in [1.54, 1.807) is 25.4 Å². The predicted octanol–water partition coefficient (Wildman–Crippen LogP) is 0.321. The van der Waals surface area contributed by atoms with Gasteiger partial charge in [0.2, 0.25) is 5.88 Å². The molecule has 0 aliphatic carbocycles. The summed E-state index contributed by atoms with van der Waals surface area (Å²) in [4.78, 5) is 23.5. The first-order valence-corrected chi connectivity index (χ1v) is 8.94. The lowest BCUT2D eigenvalue weighted by Gasteiger charge is -2.47. The van der Waals surface area contributed by atoms with Crippen LogP contribution in [0.1, 0.15) is 16.8 Å². The quantitative estimate of drug-likeness (QED) is 0.786. The summed E-state index contributed by atoms with van der Waals surface area (Å²) in [6.45, 7) is 6.62. The number of piperazine rings is 1. The first-order chi connectivity index (χ1) is 12.1. The minimum absolute atomic E-state index is 0.0208. The average molecular weight is 346 g/mol. The minimum Gasteiger partial charge on any atom is -0.481 e. The SMILES string of the molecule is COc1ccc(C(=O)N2CC3(CC(N4CCN(C)CC4)CO3)C2)cn1. The van der Waals surface area contributed by atoms with Gasteiger partial charge in [0.1, 0.15) is 5.60 Å². The number of hydrogen-bond acceptors (Lipinski definition) is 6. The number of carbonyl (C=O) groups excluding carboxylic acids is 1. The van der Waals surface area contributed by atoms with Crippen molar-refractivity contribution in [1.82, 2.24) is 19.7 Å². The number of carbonyl (C=O) groups is 1. The summed E-state index contributed by atoms with van der Waals surface area (Å²) in [7, 11) is 3.74. The van der Waals surface area contributed by atoms with Crippen LogP contribution in [-0.2, 0) is 4.74 Å². The maximum Gasteiger partial charge on any atom is 0.255 e. The van der Waals surface area contributed by atoms with Crippen molar-refractivity contribution in [3.63, 3.8) is 0 Å². The van der Waals surface area contributed by atoms with Gasteiger partial charge in [-0.05, 0) is 19.5 Å². The fourth-order valence-electron chi connectivity index (χ4n) is 4.07. The Morgan fingerprint density at radius 3 is 2.68 bits per heavy atom. The Hall–Kier alpha value is -1.70. The van der Waals surface area contributed by atoms with E-state index in [9.17, 15) is 4.79 Å². The zero-order valence-electron chi connectivity index (χ0n) is 15.0. The van der Waals surface area contributed by atoms with Crippen LogP contribution in [0.25, 0.3) is 0 Å². The predicted molar refractivity (Wildman–Crippen MR) is 92.9 cm³/mol. The standard InChI is InChI=1S/C18H26N4O3/c1-20-5-7-21(8-6-20)15-9-18(25-11-15)12-22(13-18)17(23)14-3-4-16(24-2)19-10-14/h3-4,10,15H,5-9,11-13H2,1-2H3. The Bertz CT molecular complexity index is 622. The minimum atomic E-state index is -0.135. The van der Waals surface area contributed by atoms with Crippen LogP contribution in [0.15, 0.2) is 18.3 Å². The number of nitrogens with zero attached hydrogens (tertiary/aromatic N) is 4. The monoisotopic (exact) mass is 346 g/mol. The number of aromatic nitrogens is 1. The molecule has 3 aliphatic heterocycles. The molecule has 7 heteroatoms. The summed E-state index contributed by atoms with van der Waals surface area (Å²) in [5.74, 6) is 0.540. The summed E-state index contributed by atoms with van der Waals surface area (Å²) in [6.07, 6.45) is 2.61. The van der Waals surface area contributed by atoms with E-state index >= 15 is 0 Å². The second kappa shape index (κ2) is 6.55. The van der Waals surface area contributed by atoms with Crippen molar-refractivity contribution in [2.45, 2.75) is 18.1 Å². The number of ether oxygens (including phenoxy) is 2. The number of amides is 1. The third kappa shape index (κ3) is 3.23. The van der Waals surface area contributed by atoms with Crippen LogP contribution in [0.5, 0.6) is 5.88 Å². The van der Waals surface area contributed by atoms with Crippen LogP contribution in [0.4, 0.5) is 0 Å². The van der Waals surface area contributed by atoms with Crippen molar-refractivity contribution in [3.05, 3.63) is 23.9 Å². The van der Waals surface area contributed by atoms with Gasteiger partial charge in [-0.25, -0.2) is 4.98 Å². The third-order valence-electron chi connectivity index (χ3n) is 5.68. The molecule has 1 amide bonds. The van der Waals surface area contributed by atoms with Gasteiger partial charge in [-0.2, -0.15) is 0 Å². The lowest BCUT2D eigenvalue weighted by atomic mass is 9.88. The molecule has 7 nitrogen and oxygen atoms in total. The van der Waals surface area contributed by atoms with Gasteiger partial charge in [0, 0.05) is 44.5 Å². The largest absolute Gasteiger partial charge is 0.481 e. The van der Waals surface area contributed by atoms with Crippen molar-refractivity contribution < 1.29 is 14.3 Å². The van der Waals surface area contributed by atoms with Crippen LogP contribution in [0.2, 0.25) is 0 Å². The maximum atomic E-state index is 12.6. The molecule has 3 aliphatic rings. The molecule has 0 N–H and O–H groups in total. The molecule has 0 aromatic carbocycles. The summed E-state index contributed by atoms with van der Waals surface area (Å²) < 4.78 is 11.2.